The molecule has 2 aromatic carbocycles. The van der Waals surface area contributed by atoms with Crippen LogP contribution in [0.4, 0.5) is 5.69 Å². The summed E-state index contributed by atoms with van der Waals surface area (Å²) in [6.07, 6.45) is 0.0340. The van der Waals surface area contributed by atoms with E-state index in [0.29, 0.717) is 5.75 Å². The highest BCUT2D eigenvalue weighted by Crippen LogP contribution is 2.34. The summed E-state index contributed by atoms with van der Waals surface area (Å²) in [4.78, 5) is 38.8. The van der Waals surface area contributed by atoms with E-state index in [1.54, 1.807) is 4.90 Å². The zero-order valence-corrected chi connectivity index (χ0v) is 16.4. The molecule has 0 bridgehead atoms. The minimum Gasteiger partial charge on any atom is -0.456 e. The molecule has 146 valence electrons. The summed E-state index contributed by atoms with van der Waals surface area (Å²) in [7, 11) is 0. The number of hydrogen-bond acceptors (Lipinski definition) is 5. The number of nitrogens with zero attached hydrogens (tertiary/aromatic N) is 1. The molecule has 0 saturated heterocycles. The molecule has 3 rings (SSSR count). The summed E-state index contributed by atoms with van der Waals surface area (Å²) < 4.78 is 5.06. The zero-order chi connectivity index (χ0) is 19.9. The van der Waals surface area contributed by atoms with Gasteiger partial charge >= 0.3 is 5.97 Å². The zero-order valence-electron chi connectivity index (χ0n) is 15.6. The van der Waals surface area contributed by atoms with Gasteiger partial charge in [0.15, 0.2) is 6.61 Å². The third-order valence-electron chi connectivity index (χ3n) is 4.39. The van der Waals surface area contributed by atoms with Gasteiger partial charge in [-0.2, -0.15) is 0 Å². The van der Waals surface area contributed by atoms with Crippen LogP contribution in [0.5, 0.6) is 0 Å². The van der Waals surface area contributed by atoms with Gasteiger partial charge < -0.3 is 15.0 Å². The predicted molar refractivity (Wildman–Crippen MR) is 108 cm³/mol. The SMILES string of the molecule is C[C@@H](NC(=O)COC(=O)CCN1C(=O)CSc2ccccc21)c1ccccc1. The molecule has 2 amide bonds. The van der Waals surface area contributed by atoms with Crippen molar-refractivity contribution in [3.05, 3.63) is 60.2 Å². The number of para-hydroxylation sites is 1. The average molecular weight is 398 g/mol. The van der Waals surface area contributed by atoms with E-state index in [4.69, 9.17) is 4.74 Å². The van der Waals surface area contributed by atoms with Crippen LogP contribution < -0.4 is 10.2 Å². The highest BCUT2D eigenvalue weighted by atomic mass is 32.2. The number of hydrogen-bond donors (Lipinski definition) is 1. The fourth-order valence-corrected chi connectivity index (χ4v) is 3.86. The number of thioether (sulfide) groups is 1. The van der Waals surface area contributed by atoms with Gasteiger partial charge in [0.1, 0.15) is 0 Å². The van der Waals surface area contributed by atoms with Gasteiger partial charge in [0.2, 0.25) is 5.91 Å². The van der Waals surface area contributed by atoms with Crippen molar-refractivity contribution in [1.82, 2.24) is 5.32 Å². The summed E-state index contributed by atoms with van der Waals surface area (Å²) in [6, 6.07) is 17.0. The van der Waals surface area contributed by atoms with Crippen molar-refractivity contribution in [1.29, 1.82) is 0 Å². The molecular formula is C21H22N2O4S. The number of carbonyl (C=O) groups excluding carboxylic acids is 3. The molecule has 1 atom stereocenters. The highest BCUT2D eigenvalue weighted by molar-refractivity contribution is 8.00. The number of carbonyl (C=O) groups is 3. The fourth-order valence-electron chi connectivity index (χ4n) is 2.93. The van der Waals surface area contributed by atoms with E-state index < -0.39 is 5.97 Å². The van der Waals surface area contributed by atoms with Crippen LogP contribution in [0.2, 0.25) is 0 Å². The van der Waals surface area contributed by atoms with Crippen LogP contribution >= 0.6 is 11.8 Å². The monoisotopic (exact) mass is 398 g/mol. The Labute approximate surface area is 168 Å². The molecule has 6 nitrogen and oxygen atoms in total. The maximum atomic E-state index is 12.2. The van der Waals surface area contributed by atoms with Crippen molar-refractivity contribution < 1.29 is 19.1 Å². The molecule has 1 aliphatic rings. The molecule has 0 aliphatic carbocycles. The van der Waals surface area contributed by atoms with E-state index in [1.165, 1.54) is 11.8 Å². The molecule has 2 aromatic rings. The van der Waals surface area contributed by atoms with Gasteiger partial charge in [-0.15, -0.1) is 11.8 Å². The van der Waals surface area contributed by atoms with Gasteiger partial charge in [0, 0.05) is 11.4 Å². The molecule has 1 N–H and O–H groups in total. The lowest BCUT2D eigenvalue weighted by atomic mass is 10.1. The number of ether oxygens (including phenoxy) is 1. The standard InChI is InChI=1S/C21H22N2O4S/c1-15(16-7-3-2-4-8-16)22-19(24)13-27-21(26)11-12-23-17-9-5-6-10-18(17)28-14-20(23)25/h2-10,15H,11-14H2,1H3,(H,22,24)/t15-/m1/s1. The van der Waals surface area contributed by atoms with Crippen LogP contribution in [0.1, 0.15) is 24.9 Å². The number of amides is 2. The maximum Gasteiger partial charge on any atom is 0.308 e. The topological polar surface area (TPSA) is 75.7 Å². The number of esters is 1. The van der Waals surface area contributed by atoms with Crippen molar-refractivity contribution >= 4 is 35.2 Å². The van der Waals surface area contributed by atoms with Crippen molar-refractivity contribution in [3.63, 3.8) is 0 Å². The molecule has 0 unspecified atom stereocenters. The normalized spacial score (nSPS) is 14.2. The van der Waals surface area contributed by atoms with Crippen molar-refractivity contribution in [3.8, 4) is 0 Å². The van der Waals surface area contributed by atoms with E-state index in [1.807, 2.05) is 61.5 Å². The average Bonchev–Trinajstić information content (AvgIpc) is 2.72. The van der Waals surface area contributed by atoms with E-state index in [-0.39, 0.29) is 37.4 Å². The van der Waals surface area contributed by atoms with E-state index in [0.717, 1.165) is 16.1 Å². The van der Waals surface area contributed by atoms with Gasteiger partial charge in [-0.25, -0.2) is 0 Å². The number of anilines is 1. The molecule has 0 aromatic heterocycles. The van der Waals surface area contributed by atoms with E-state index in [2.05, 4.69) is 5.32 Å². The predicted octanol–water partition coefficient (Wildman–Crippen LogP) is 2.94. The van der Waals surface area contributed by atoms with Crippen LogP contribution in [-0.4, -0.2) is 36.7 Å². The van der Waals surface area contributed by atoms with Crippen molar-refractivity contribution in [2.45, 2.75) is 24.3 Å². The number of rotatable bonds is 7. The van der Waals surface area contributed by atoms with Crippen LogP contribution in [0.15, 0.2) is 59.5 Å². The van der Waals surface area contributed by atoms with Crippen molar-refractivity contribution in [2.24, 2.45) is 0 Å². The summed E-state index contributed by atoms with van der Waals surface area (Å²) >= 11 is 1.49. The third kappa shape index (κ3) is 5.13. The quantitative estimate of drug-likeness (QED) is 0.726. The lowest BCUT2D eigenvalue weighted by Gasteiger charge is -2.28. The molecule has 28 heavy (non-hydrogen) atoms. The second-order valence-corrected chi connectivity index (χ2v) is 7.43. The Morgan fingerprint density at radius 3 is 2.64 bits per heavy atom. The molecule has 0 spiro atoms. The van der Waals surface area contributed by atoms with Crippen LogP contribution in [0.25, 0.3) is 0 Å². The summed E-state index contributed by atoms with van der Waals surface area (Å²) in [6.45, 7) is 1.76. The van der Waals surface area contributed by atoms with Crippen LogP contribution in [0, 0.1) is 0 Å². The molecule has 1 heterocycles. The van der Waals surface area contributed by atoms with Crippen LogP contribution in [-0.2, 0) is 19.1 Å². The van der Waals surface area contributed by atoms with E-state index in [9.17, 15) is 14.4 Å². The summed E-state index contributed by atoms with van der Waals surface area (Å²) in [5.74, 6) is -0.552. The Morgan fingerprint density at radius 2 is 1.86 bits per heavy atom. The molecule has 1 aliphatic heterocycles. The smallest absolute Gasteiger partial charge is 0.308 e. The van der Waals surface area contributed by atoms with Gasteiger partial charge in [0.05, 0.1) is 23.9 Å². The molecule has 7 heteroatoms. The molecule has 0 fully saturated rings. The van der Waals surface area contributed by atoms with Gasteiger partial charge in [-0.1, -0.05) is 42.5 Å². The number of nitrogens with one attached hydrogen (secondary N) is 1. The van der Waals surface area contributed by atoms with Gasteiger partial charge in [-0.3, -0.25) is 14.4 Å². The number of benzene rings is 2. The second kappa shape index (κ2) is 9.41. The Kier molecular flexibility index (Phi) is 6.71. The first-order chi connectivity index (χ1) is 13.5. The first-order valence-corrected chi connectivity index (χ1v) is 10.1. The van der Waals surface area contributed by atoms with Gasteiger partial charge in [0.25, 0.3) is 5.91 Å². The minimum absolute atomic E-state index is 0.0340. The first kappa shape index (κ1) is 19.9. The third-order valence-corrected chi connectivity index (χ3v) is 5.44. The Hall–Kier alpha value is -2.80. The molecule has 0 radical (unpaired) electrons. The van der Waals surface area contributed by atoms with Gasteiger partial charge in [-0.05, 0) is 24.6 Å². The lowest BCUT2D eigenvalue weighted by Crippen LogP contribution is -2.37. The Bertz CT molecular complexity index is 856. The maximum absolute atomic E-state index is 12.2. The highest BCUT2D eigenvalue weighted by Gasteiger charge is 2.25. The largest absolute Gasteiger partial charge is 0.456 e. The van der Waals surface area contributed by atoms with Crippen molar-refractivity contribution in [2.75, 3.05) is 23.8 Å². The first-order valence-electron chi connectivity index (χ1n) is 9.06. The van der Waals surface area contributed by atoms with Crippen LogP contribution in [0.3, 0.4) is 0 Å². The van der Waals surface area contributed by atoms with E-state index >= 15 is 0 Å². The summed E-state index contributed by atoms with van der Waals surface area (Å²) in [5, 5.41) is 2.79. The second-order valence-electron chi connectivity index (χ2n) is 6.41. The molecule has 0 saturated carbocycles. The summed E-state index contributed by atoms with van der Waals surface area (Å²) in [5.41, 5.74) is 1.79. The molecular weight excluding hydrogens is 376 g/mol. The fraction of sp³-hybridized carbons (Fsp3) is 0.286. The number of fused-ring (bicyclic) bond motifs is 1. The lowest BCUT2D eigenvalue weighted by molar-refractivity contribution is -0.148. The minimum atomic E-state index is -0.508. The Balaban J connectivity index is 1.45. The Morgan fingerprint density at radius 1 is 1.14 bits per heavy atom.